The fourth-order valence-electron chi connectivity index (χ4n) is 3.31. The second kappa shape index (κ2) is 12.1. The second-order valence-electron chi connectivity index (χ2n) is 7.40. The molecule has 2 rings (SSSR count). The van der Waals surface area contributed by atoms with E-state index in [-0.39, 0.29) is 11.3 Å². The highest BCUT2D eigenvalue weighted by molar-refractivity contribution is 5.68. The van der Waals surface area contributed by atoms with Crippen molar-refractivity contribution in [1.82, 2.24) is 0 Å². The number of hydrogen-bond acceptors (Lipinski definition) is 13. The summed E-state index contributed by atoms with van der Waals surface area (Å²) in [5.41, 5.74) is -0.310. The highest BCUT2D eigenvalue weighted by Crippen LogP contribution is 2.34. The molecular formula is C21H25NO13. The van der Waals surface area contributed by atoms with E-state index in [1.54, 1.807) is 0 Å². The summed E-state index contributed by atoms with van der Waals surface area (Å²) in [5.74, 6) is -3.52. The van der Waals surface area contributed by atoms with E-state index in [4.69, 9.17) is 28.4 Å². The molecule has 1 aromatic rings. The van der Waals surface area contributed by atoms with Crippen molar-refractivity contribution in [3.8, 4) is 5.75 Å². The van der Waals surface area contributed by atoms with Gasteiger partial charge in [0, 0.05) is 33.8 Å². The number of hydrogen-bond donors (Lipinski definition) is 1. The first kappa shape index (κ1) is 27.5. The van der Waals surface area contributed by atoms with Crippen LogP contribution < -0.4 is 4.74 Å². The van der Waals surface area contributed by atoms with E-state index < -0.39 is 78.4 Å². The highest BCUT2D eigenvalue weighted by atomic mass is 16.7. The van der Waals surface area contributed by atoms with Crippen molar-refractivity contribution in [1.29, 1.82) is 0 Å². The molecule has 0 spiro atoms. The van der Waals surface area contributed by atoms with Gasteiger partial charge in [-0.3, -0.25) is 29.3 Å². The number of nitrogens with zero attached hydrogens (tertiary/aromatic N) is 1. The smallest absolute Gasteiger partial charge is 0.311 e. The predicted molar refractivity (Wildman–Crippen MR) is 112 cm³/mol. The lowest BCUT2D eigenvalue weighted by atomic mass is 9.98. The average Bonchev–Trinajstić information content (AvgIpc) is 2.75. The lowest BCUT2D eigenvalue weighted by Crippen LogP contribution is -2.63. The van der Waals surface area contributed by atoms with Crippen molar-refractivity contribution < 1.29 is 57.6 Å². The van der Waals surface area contributed by atoms with Crippen LogP contribution in [0.15, 0.2) is 18.2 Å². The first-order valence-electron chi connectivity index (χ1n) is 10.3. The van der Waals surface area contributed by atoms with Crippen molar-refractivity contribution in [2.24, 2.45) is 0 Å². The van der Waals surface area contributed by atoms with Crippen molar-refractivity contribution in [3.63, 3.8) is 0 Å². The SMILES string of the molecule is CC(=O)OC[C@H]1O[C@@H](Oc2ccc(CO)cc2[N+](=O)[O-])[C@H](OC(C)=O)[C@@H](OC(C)=O)[C@@H]1OC(C)=O. The van der Waals surface area contributed by atoms with Gasteiger partial charge in [-0.25, -0.2) is 0 Å². The molecule has 192 valence electrons. The van der Waals surface area contributed by atoms with Gasteiger partial charge in [-0.15, -0.1) is 0 Å². The van der Waals surface area contributed by atoms with E-state index in [0.29, 0.717) is 0 Å². The molecule has 0 unspecified atom stereocenters. The van der Waals surface area contributed by atoms with E-state index in [2.05, 4.69) is 0 Å². The largest absolute Gasteiger partial charge is 0.463 e. The fraction of sp³-hybridized carbons (Fsp3) is 0.524. The minimum Gasteiger partial charge on any atom is -0.463 e. The van der Waals surface area contributed by atoms with E-state index in [0.717, 1.165) is 33.8 Å². The summed E-state index contributed by atoms with van der Waals surface area (Å²) in [7, 11) is 0. The Kier molecular flexibility index (Phi) is 9.48. The molecule has 0 radical (unpaired) electrons. The second-order valence-corrected chi connectivity index (χ2v) is 7.40. The molecule has 0 bridgehead atoms. The fourth-order valence-corrected chi connectivity index (χ4v) is 3.31. The lowest BCUT2D eigenvalue weighted by molar-refractivity contribution is -0.387. The van der Waals surface area contributed by atoms with Crippen LogP contribution in [0.1, 0.15) is 33.3 Å². The number of carbonyl (C=O) groups is 4. The van der Waals surface area contributed by atoms with Crippen LogP contribution in [0.2, 0.25) is 0 Å². The molecule has 1 aliphatic heterocycles. The third kappa shape index (κ3) is 7.61. The van der Waals surface area contributed by atoms with Gasteiger partial charge in [0.25, 0.3) is 0 Å². The Bertz CT molecular complexity index is 978. The maximum atomic E-state index is 11.8. The zero-order chi connectivity index (χ0) is 26.3. The first-order chi connectivity index (χ1) is 16.4. The standard InChI is InChI=1S/C21H25NO13/c1-10(24)30-9-17-18(31-11(2)25)19(32-12(3)26)20(33-13(4)27)21(35-17)34-16-6-5-14(8-23)7-15(16)22(28)29/h5-7,17-21,23H,8-9H2,1-4H3/t17-,18-,19+,20-,21-/m1/s1. The Labute approximate surface area is 199 Å². The Morgan fingerprint density at radius 2 is 1.51 bits per heavy atom. The Hall–Kier alpha value is -3.78. The molecule has 35 heavy (non-hydrogen) atoms. The third-order valence-corrected chi connectivity index (χ3v) is 4.59. The van der Waals surface area contributed by atoms with Crippen LogP contribution in [0.3, 0.4) is 0 Å². The quantitative estimate of drug-likeness (QED) is 0.215. The van der Waals surface area contributed by atoms with E-state index in [9.17, 15) is 34.4 Å². The lowest BCUT2D eigenvalue weighted by Gasteiger charge is -2.43. The average molecular weight is 499 g/mol. The molecule has 14 nitrogen and oxygen atoms in total. The summed E-state index contributed by atoms with van der Waals surface area (Å²) >= 11 is 0. The minimum absolute atomic E-state index is 0.227. The molecule has 1 saturated heterocycles. The van der Waals surface area contributed by atoms with E-state index in [1.165, 1.54) is 12.1 Å². The summed E-state index contributed by atoms with van der Waals surface area (Å²) < 4.78 is 32.1. The van der Waals surface area contributed by atoms with E-state index in [1.807, 2.05) is 0 Å². The van der Waals surface area contributed by atoms with Crippen LogP contribution in [-0.4, -0.2) is 71.2 Å². The van der Waals surface area contributed by atoms with Crippen LogP contribution in [0.4, 0.5) is 5.69 Å². The number of rotatable bonds is 9. The molecule has 1 fully saturated rings. The van der Waals surface area contributed by atoms with Crippen LogP contribution >= 0.6 is 0 Å². The summed E-state index contributed by atoms with van der Waals surface area (Å²) in [4.78, 5) is 57.6. The molecule has 0 amide bonds. The zero-order valence-electron chi connectivity index (χ0n) is 19.3. The molecule has 1 heterocycles. The normalized spacial score (nSPS) is 23.5. The van der Waals surface area contributed by atoms with Gasteiger partial charge in [0.2, 0.25) is 12.4 Å². The number of nitro benzene ring substituents is 1. The summed E-state index contributed by atoms with van der Waals surface area (Å²) in [6.45, 7) is 3.34. The van der Waals surface area contributed by atoms with Crippen LogP contribution in [-0.2, 0) is 49.5 Å². The predicted octanol–water partition coefficient (Wildman–Crippen LogP) is 0.549. The Morgan fingerprint density at radius 3 is 2.03 bits per heavy atom. The number of benzene rings is 1. The molecule has 1 N–H and O–H groups in total. The molecule has 0 aliphatic carbocycles. The van der Waals surface area contributed by atoms with Gasteiger partial charge in [0.1, 0.15) is 12.7 Å². The molecule has 1 aliphatic rings. The number of ether oxygens (including phenoxy) is 6. The number of carbonyl (C=O) groups excluding carboxylic acids is 4. The summed E-state index contributed by atoms with van der Waals surface area (Å²) in [5, 5.41) is 20.8. The molecule has 14 heteroatoms. The van der Waals surface area contributed by atoms with Crippen LogP contribution in [0.5, 0.6) is 5.75 Å². The first-order valence-corrected chi connectivity index (χ1v) is 10.3. The number of aliphatic hydroxyl groups excluding tert-OH is 1. The van der Waals surface area contributed by atoms with Crippen molar-refractivity contribution in [2.45, 2.75) is 65.0 Å². The van der Waals surface area contributed by atoms with Crippen LogP contribution in [0.25, 0.3) is 0 Å². The Balaban J connectivity index is 2.55. The third-order valence-electron chi connectivity index (χ3n) is 4.59. The molecule has 0 saturated carbocycles. The van der Waals surface area contributed by atoms with Gasteiger partial charge in [0.15, 0.2) is 18.0 Å². The van der Waals surface area contributed by atoms with Crippen molar-refractivity contribution in [2.75, 3.05) is 6.61 Å². The number of nitro groups is 1. The molecule has 5 atom stereocenters. The van der Waals surface area contributed by atoms with Gasteiger partial charge >= 0.3 is 29.6 Å². The maximum absolute atomic E-state index is 11.8. The van der Waals surface area contributed by atoms with Gasteiger partial charge in [-0.05, 0) is 11.6 Å². The molecular weight excluding hydrogens is 474 g/mol. The monoisotopic (exact) mass is 499 g/mol. The Morgan fingerprint density at radius 1 is 0.943 bits per heavy atom. The molecule has 1 aromatic carbocycles. The molecule has 0 aromatic heterocycles. The number of aliphatic hydroxyl groups is 1. The zero-order valence-corrected chi connectivity index (χ0v) is 19.3. The van der Waals surface area contributed by atoms with Crippen LogP contribution in [0, 0.1) is 10.1 Å². The highest BCUT2D eigenvalue weighted by Gasteiger charge is 2.53. The topological polar surface area (TPSA) is 187 Å². The van der Waals surface area contributed by atoms with Gasteiger partial charge in [-0.1, -0.05) is 6.07 Å². The van der Waals surface area contributed by atoms with E-state index >= 15 is 0 Å². The number of esters is 4. The maximum Gasteiger partial charge on any atom is 0.311 e. The van der Waals surface area contributed by atoms with Crippen molar-refractivity contribution in [3.05, 3.63) is 33.9 Å². The van der Waals surface area contributed by atoms with Gasteiger partial charge in [0.05, 0.1) is 11.5 Å². The summed E-state index contributed by atoms with van der Waals surface area (Å²) in [6, 6.07) is 3.62. The van der Waals surface area contributed by atoms with Gasteiger partial charge < -0.3 is 33.5 Å². The summed E-state index contributed by atoms with van der Waals surface area (Å²) in [6.07, 6.45) is -7.34. The van der Waals surface area contributed by atoms with Gasteiger partial charge in [-0.2, -0.15) is 0 Å². The van der Waals surface area contributed by atoms with Crippen molar-refractivity contribution >= 4 is 29.6 Å². The minimum atomic E-state index is -1.63.